The third-order valence-corrected chi connectivity index (χ3v) is 3.67. The van der Waals surface area contributed by atoms with Crippen LogP contribution in [-0.4, -0.2) is 11.1 Å². The third-order valence-electron chi connectivity index (χ3n) is 3.67. The Morgan fingerprint density at radius 1 is 1.33 bits per heavy atom. The molecule has 0 bridgehead atoms. The summed E-state index contributed by atoms with van der Waals surface area (Å²) in [5.41, 5.74) is 0.696. The van der Waals surface area contributed by atoms with Gasteiger partial charge in [0.2, 0.25) is 0 Å². The number of carboxylic acids is 1. The second kappa shape index (κ2) is 4.38. The molecule has 0 saturated heterocycles. The summed E-state index contributed by atoms with van der Waals surface area (Å²) in [6.07, 6.45) is 4.36. The van der Waals surface area contributed by atoms with Gasteiger partial charge in [0.25, 0.3) is 0 Å². The van der Waals surface area contributed by atoms with Crippen LogP contribution in [0.25, 0.3) is 0 Å². The first kappa shape index (κ1) is 12.3. The van der Waals surface area contributed by atoms with Gasteiger partial charge in [-0.2, -0.15) is 0 Å². The van der Waals surface area contributed by atoms with E-state index in [0.717, 1.165) is 19.3 Å². The fraction of sp³-hybridized carbons (Fsp3) is 0.769. The molecule has 1 N–H and O–H groups in total. The molecular weight excluding hydrogens is 188 g/mol. The van der Waals surface area contributed by atoms with Crippen molar-refractivity contribution < 1.29 is 9.90 Å². The summed E-state index contributed by atoms with van der Waals surface area (Å²) in [5.74, 6) is 0.00221. The van der Waals surface area contributed by atoms with Crippen LogP contribution < -0.4 is 0 Å². The van der Waals surface area contributed by atoms with Crippen LogP contribution in [0.3, 0.4) is 0 Å². The SMILES string of the molecule is C=C(C(=O)O)C1CCCC(C(C)(C)C)C1. The average molecular weight is 210 g/mol. The standard InChI is InChI=1S/C13H22O2/c1-9(12(14)15)10-6-5-7-11(8-10)13(2,3)4/h10-11H,1,5-8H2,2-4H3,(H,14,15). The van der Waals surface area contributed by atoms with Crippen molar-refractivity contribution in [3.63, 3.8) is 0 Å². The maximum atomic E-state index is 10.9. The molecule has 86 valence electrons. The predicted octanol–water partition coefficient (Wildman–Crippen LogP) is 3.48. The van der Waals surface area contributed by atoms with Crippen LogP contribution in [0.4, 0.5) is 0 Å². The minimum atomic E-state index is -0.824. The summed E-state index contributed by atoms with van der Waals surface area (Å²) in [6, 6.07) is 0. The van der Waals surface area contributed by atoms with Crippen LogP contribution in [0.5, 0.6) is 0 Å². The smallest absolute Gasteiger partial charge is 0.331 e. The Balaban J connectivity index is 2.64. The highest BCUT2D eigenvalue weighted by Gasteiger charge is 2.32. The predicted molar refractivity (Wildman–Crippen MR) is 61.7 cm³/mol. The number of hydrogen-bond donors (Lipinski definition) is 1. The molecule has 0 radical (unpaired) electrons. The van der Waals surface area contributed by atoms with Crippen molar-refractivity contribution in [2.24, 2.45) is 17.3 Å². The number of carbonyl (C=O) groups is 1. The van der Waals surface area contributed by atoms with Crippen molar-refractivity contribution in [2.75, 3.05) is 0 Å². The molecule has 0 aromatic carbocycles. The Hall–Kier alpha value is -0.790. The van der Waals surface area contributed by atoms with Crippen molar-refractivity contribution in [3.05, 3.63) is 12.2 Å². The van der Waals surface area contributed by atoms with Gasteiger partial charge in [0.15, 0.2) is 0 Å². The lowest BCUT2D eigenvalue weighted by atomic mass is 9.68. The van der Waals surface area contributed by atoms with Gasteiger partial charge in [0, 0.05) is 5.57 Å². The fourth-order valence-corrected chi connectivity index (χ4v) is 2.47. The van der Waals surface area contributed by atoms with Gasteiger partial charge in [0.1, 0.15) is 0 Å². The van der Waals surface area contributed by atoms with Gasteiger partial charge in [-0.15, -0.1) is 0 Å². The summed E-state index contributed by atoms with van der Waals surface area (Å²) in [5, 5.41) is 8.92. The summed E-state index contributed by atoms with van der Waals surface area (Å²) < 4.78 is 0. The molecule has 1 saturated carbocycles. The van der Waals surface area contributed by atoms with Crippen LogP contribution in [0.1, 0.15) is 46.5 Å². The van der Waals surface area contributed by atoms with E-state index in [1.54, 1.807) is 0 Å². The lowest BCUT2D eigenvalue weighted by molar-refractivity contribution is -0.133. The Morgan fingerprint density at radius 2 is 1.93 bits per heavy atom. The number of rotatable bonds is 2. The lowest BCUT2D eigenvalue weighted by Crippen LogP contribution is -2.28. The Kier molecular flexibility index (Phi) is 3.58. The van der Waals surface area contributed by atoms with E-state index in [4.69, 9.17) is 5.11 Å². The minimum Gasteiger partial charge on any atom is -0.478 e. The molecule has 1 rings (SSSR count). The second-order valence-corrected chi connectivity index (χ2v) is 5.76. The first-order valence-electron chi connectivity index (χ1n) is 5.74. The topological polar surface area (TPSA) is 37.3 Å². The van der Waals surface area contributed by atoms with Gasteiger partial charge in [-0.3, -0.25) is 0 Å². The van der Waals surface area contributed by atoms with Crippen molar-refractivity contribution >= 4 is 5.97 Å². The summed E-state index contributed by atoms with van der Waals surface area (Å²) in [6.45, 7) is 10.4. The van der Waals surface area contributed by atoms with Gasteiger partial charge in [-0.25, -0.2) is 4.79 Å². The minimum absolute atomic E-state index is 0.195. The first-order chi connectivity index (χ1) is 6.82. The molecule has 0 aromatic heterocycles. The molecular formula is C13H22O2. The molecule has 0 spiro atoms. The largest absolute Gasteiger partial charge is 0.478 e. The van der Waals surface area contributed by atoms with E-state index in [-0.39, 0.29) is 11.3 Å². The molecule has 1 aliphatic carbocycles. The van der Waals surface area contributed by atoms with E-state index in [9.17, 15) is 4.79 Å². The highest BCUT2D eigenvalue weighted by atomic mass is 16.4. The molecule has 2 heteroatoms. The van der Waals surface area contributed by atoms with Gasteiger partial charge in [-0.1, -0.05) is 33.8 Å². The highest BCUT2D eigenvalue weighted by molar-refractivity contribution is 5.86. The first-order valence-corrected chi connectivity index (χ1v) is 5.74. The van der Waals surface area contributed by atoms with E-state index < -0.39 is 5.97 Å². The van der Waals surface area contributed by atoms with E-state index in [2.05, 4.69) is 27.4 Å². The van der Waals surface area contributed by atoms with Gasteiger partial charge in [-0.05, 0) is 36.5 Å². The number of aliphatic carboxylic acids is 1. The van der Waals surface area contributed by atoms with Gasteiger partial charge >= 0.3 is 5.97 Å². The van der Waals surface area contributed by atoms with Crippen LogP contribution in [-0.2, 0) is 4.79 Å². The lowest BCUT2D eigenvalue weighted by Gasteiger charge is -2.37. The zero-order chi connectivity index (χ0) is 11.6. The summed E-state index contributed by atoms with van der Waals surface area (Å²) in [4.78, 5) is 10.9. The Bertz CT molecular complexity index is 260. The highest BCUT2D eigenvalue weighted by Crippen LogP contribution is 2.42. The summed E-state index contributed by atoms with van der Waals surface area (Å²) >= 11 is 0. The van der Waals surface area contributed by atoms with Crippen molar-refractivity contribution in [2.45, 2.75) is 46.5 Å². The monoisotopic (exact) mass is 210 g/mol. The molecule has 0 heterocycles. The van der Waals surface area contributed by atoms with Gasteiger partial charge in [0.05, 0.1) is 0 Å². The molecule has 0 aliphatic heterocycles. The van der Waals surface area contributed by atoms with E-state index in [1.165, 1.54) is 6.42 Å². The van der Waals surface area contributed by atoms with Crippen LogP contribution >= 0.6 is 0 Å². The van der Waals surface area contributed by atoms with Crippen LogP contribution in [0, 0.1) is 17.3 Å². The molecule has 0 aromatic rings. The molecule has 2 unspecified atom stereocenters. The fourth-order valence-electron chi connectivity index (χ4n) is 2.47. The van der Waals surface area contributed by atoms with E-state index >= 15 is 0 Å². The molecule has 15 heavy (non-hydrogen) atoms. The Morgan fingerprint density at radius 3 is 2.40 bits per heavy atom. The molecule has 0 amide bonds. The zero-order valence-corrected chi connectivity index (χ0v) is 10.0. The Labute approximate surface area is 92.4 Å². The average Bonchev–Trinajstić information content (AvgIpc) is 2.15. The quantitative estimate of drug-likeness (QED) is 0.708. The molecule has 2 nitrogen and oxygen atoms in total. The van der Waals surface area contributed by atoms with Crippen molar-refractivity contribution in [1.82, 2.24) is 0 Å². The second-order valence-electron chi connectivity index (χ2n) is 5.76. The molecule has 1 fully saturated rings. The van der Waals surface area contributed by atoms with Crippen LogP contribution in [0.2, 0.25) is 0 Å². The molecule has 2 atom stereocenters. The van der Waals surface area contributed by atoms with Crippen molar-refractivity contribution in [1.29, 1.82) is 0 Å². The third kappa shape index (κ3) is 3.08. The summed E-state index contributed by atoms with van der Waals surface area (Å²) in [7, 11) is 0. The van der Waals surface area contributed by atoms with E-state index in [1.807, 2.05) is 0 Å². The number of hydrogen-bond acceptors (Lipinski definition) is 1. The van der Waals surface area contributed by atoms with Crippen LogP contribution in [0.15, 0.2) is 12.2 Å². The normalized spacial score (nSPS) is 27.4. The maximum Gasteiger partial charge on any atom is 0.331 e. The van der Waals surface area contributed by atoms with Crippen molar-refractivity contribution in [3.8, 4) is 0 Å². The molecule has 1 aliphatic rings. The maximum absolute atomic E-state index is 10.9. The van der Waals surface area contributed by atoms with E-state index in [0.29, 0.717) is 11.5 Å². The zero-order valence-electron chi connectivity index (χ0n) is 10.0. The van der Waals surface area contributed by atoms with Gasteiger partial charge < -0.3 is 5.11 Å². The number of carboxylic acid groups (broad SMARTS) is 1.